The predicted molar refractivity (Wildman–Crippen MR) is 179 cm³/mol. The molecule has 12 N–H and O–H groups in total. The predicted octanol–water partition coefficient (Wildman–Crippen LogP) is 0.563. The zero-order valence-electron chi connectivity index (χ0n) is 26.4. The van der Waals surface area contributed by atoms with Crippen LogP contribution in [0, 0.1) is 0 Å². The summed E-state index contributed by atoms with van der Waals surface area (Å²) in [5.41, 5.74) is 14.0. The van der Waals surface area contributed by atoms with Crippen LogP contribution < -0.4 is 22.1 Å². The van der Waals surface area contributed by atoms with Crippen molar-refractivity contribution in [3.05, 3.63) is 72.1 Å². The van der Waals surface area contributed by atoms with Crippen molar-refractivity contribution in [3.63, 3.8) is 0 Å². The standard InChI is InChI=1S/2C16H19N3O5.Ca/c2*17-11(15(21)22)5-6-14(20)19-13(16(23)24)7-9-8-18-12-4-2-1-3-10(9)12;/h2*1-4,8,11,13,18H,5-7,17H2,(H,19,20)(H,21,22)(H,23,24);/q;;+2/t2*11-,13-;/m11./s1. The number of hydrogen-bond donors (Lipinski definition) is 10. The third-order valence-electron chi connectivity index (χ3n) is 7.46. The number of nitrogens with two attached hydrogens (primary N) is 2. The van der Waals surface area contributed by atoms with Crippen molar-refractivity contribution in [3.8, 4) is 0 Å². The Hall–Kier alpha value is -4.48. The molecule has 0 bridgehead atoms. The molecule has 0 spiro atoms. The second-order valence-corrected chi connectivity index (χ2v) is 11.0. The van der Waals surface area contributed by atoms with Crippen LogP contribution in [0.2, 0.25) is 0 Å². The van der Waals surface area contributed by atoms with Crippen LogP contribution in [0.25, 0.3) is 21.8 Å². The number of carbonyl (C=O) groups is 6. The fraction of sp³-hybridized carbons (Fsp3) is 0.312. The summed E-state index contributed by atoms with van der Waals surface area (Å²) in [7, 11) is 0. The van der Waals surface area contributed by atoms with Gasteiger partial charge >= 0.3 is 61.6 Å². The number of carboxylic acids is 4. The van der Waals surface area contributed by atoms with Crippen molar-refractivity contribution in [2.75, 3.05) is 0 Å². The van der Waals surface area contributed by atoms with Gasteiger partial charge in [-0.05, 0) is 36.1 Å². The van der Waals surface area contributed by atoms with Gasteiger partial charge in [-0.3, -0.25) is 19.2 Å². The molecule has 2 amide bonds. The van der Waals surface area contributed by atoms with Crippen LogP contribution in [-0.4, -0.2) is 128 Å². The second-order valence-electron chi connectivity index (χ2n) is 11.0. The number of aliphatic carboxylic acids is 4. The first kappa shape index (κ1) is 40.7. The van der Waals surface area contributed by atoms with E-state index in [2.05, 4.69) is 20.6 Å². The molecule has 0 aliphatic heterocycles. The second kappa shape index (κ2) is 19.5. The number of amides is 2. The molecule has 0 fully saturated rings. The molecule has 4 rings (SSSR count). The van der Waals surface area contributed by atoms with Crippen molar-refractivity contribution in [2.45, 2.75) is 62.7 Å². The molecule has 0 saturated heterocycles. The summed E-state index contributed by atoms with van der Waals surface area (Å²) in [6.45, 7) is 0. The number of para-hydroxylation sites is 2. The molecular formula is C32H38CaN6O10+2. The number of aromatic nitrogens is 2. The zero-order valence-corrected chi connectivity index (χ0v) is 28.6. The van der Waals surface area contributed by atoms with Crippen LogP contribution in [-0.2, 0) is 41.6 Å². The number of aromatic amines is 2. The summed E-state index contributed by atoms with van der Waals surface area (Å²) in [4.78, 5) is 73.8. The van der Waals surface area contributed by atoms with Gasteiger partial charge in [0.05, 0.1) is 0 Å². The Labute approximate surface area is 309 Å². The quantitative estimate of drug-likeness (QED) is 0.0716. The first-order valence-electron chi connectivity index (χ1n) is 14.9. The maximum absolute atomic E-state index is 11.8. The fourth-order valence-corrected chi connectivity index (χ4v) is 4.79. The summed E-state index contributed by atoms with van der Waals surface area (Å²) in [6, 6.07) is 10.4. The first-order chi connectivity index (χ1) is 22.8. The fourth-order valence-electron chi connectivity index (χ4n) is 4.79. The van der Waals surface area contributed by atoms with E-state index in [1.807, 2.05) is 48.5 Å². The maximum atomic E-state index is 11.8. The molecule has 2 aromatic heterocycles. The topological polar surface area (TPSA) is 291 Å². The minimum absolute atomic E-state index is 0. The molecule has 0 aliphatic rings. The van der Waals surface area contributed by atoms with E-state index in [0.717, 1.165) is 32.9 Å². The molecule has 0 aliphatic carbocycles. The summed E-state index contributed by atoms with van der Waals surface area (Å²) in [6.07, 6.45) is 3.27. The van der Waals surface area contributed by atoms with E-state index in [-0.39, 0.29) is 76.3 Å². The number of fused-ring (bicyclic) bond motifs is 2. The zero-order chi connectivity index (χ0) is 35.4. The molecule has 49 heavy (non-hydrogen) atoms. The van der Waals surface area contributed by atoms with Gasteiger partial charge in [-0.15, -0.1) is 0 Å². The number of H-pyrrole nitrogens is 2. The molecule has 4 aromatic rings. The average Bonchev–Trinajstić information content (AvgIpc) is 3.65. The van der Waals surface area contributed by atoms with E-state index < -0.39 is 59.9 Å². The molecule has 0 saturated carbocycles. The molecular weight excluding hydrogens is 668 g/mol. The van der Waals surface area contributed by atoms with Gasteiger partial charge in [0.1, 0.15) is 24.2 Å². The van der Waals surface area contributed by atoms with Gasteiger partial charge in [0.25, 0.3) is 0 Å². The Morgan fingerprint density at radius 1 is 0.592 bits per heavy atom. The van der Waals surface area contributed by atoms with Crippen LogP contribution >= 0.6 is 0 Å². The summed E-state index contributed by atoms with van der Waals surface area (Å²) in [5, 5.41) is 42.6. The Morgan fingerprint density at radius 2 is 0.939 bits per heavy atom. The van der Waals surface area contributed by atoms with Crippen LogP contribution in [0.3, 0.4) is 0 Å². The number of carboxylic acid groups (broad SMARTS) is 4. The number of nitrogens with one attached hydrogen (secondary N) is 4. The van der Waals surface area contributed by atoms with E-state index in [9.17, 15) is 39.0 Å². The van der Waals surface area contributed by atoms with E-state index in [1.54, 1.807) is 12.4 Å². The van der Waals surface area contributed by atoms with Gasteiger partial charge in [-0.1, -0.05) is 36.4 Å². The number of benzene rings is 2. The summed E-state index contributed by atoms with van der Waals surface area (Å²) < 4.78 is 0. The van der Waals surface area contributed by atoms with E-state index in [0.29, 0.717) is 0 Å². The van der Waals surface area contributed by atoms with E-state index in [4.69, 9.17) is 21.7 Å². The first-order valence-corrected chi connectivity index (χ1v) is 14.9. The Balaban J connectivity index is 0.000000333. The van der Waals surface area contributed by atoms with Gasteiger partial charge in [-0.25, -0.2) is 9.59 Å². The van der Waals surface area contributed by atoms with Gasteiger partial charge in [0, 0.05) is 59.9 Å². The minimum atomic E-state index is -1.20. The number of carbonyl (C=O) groups excluding carboxylic acids is 2. The monoisotopic (exact) mass is 706 g/mol. The summed E-state index contributed by atoms with van der Waals surface area (Å²) >= 11 is 0. The van der Waals surface area contributed by atoms with Crippen molar-refractivity contribution in [1.82, 2.24) is 20.6 Å². The van der Waals surface area contributed by atoms with Crippen molar-refractivity contribution in [1.29, 1.82) is 0 Å². The van der Waals surface area contributed by atoms with Gasteiger partial charge in [-0.2, -0.15) is 0 Å². The molecule has 0 radical (unpaired) electrons. The van der Waals surface area contributed by atoms with Gasteiger partial charge in [0.2, 0.25) is 11.8 Å². The Bertz CT molecular complexity index is 1650. The smallest absolute Gasteiger partial charge is 0.480 e. The normalized spacial score (nSPS) is 13.1. The molecule has 256 valence electrons. The van der Waals surface area contributed by atoms with E-state index >= 15 is 0 Å². The molecule has 2 aromatic carbocycles. The minimum Gasteiger partial charge on any atom is -0.480 e. The molecule has 2 heterocycles. The average molecular weight is 707 g/mol. The van der Waals surface area contributed by atoms with Crippen LogP contribution in [0.15, 0.2) is 60.9 Å². The maximum Gasteiger partial charge on any atom is 2.00 e. The molecule has 0 unspecified atom stereocenters. The molecule has 16 nitrogen and oxygen atoms in total. The van der Waals surface area contributed by atoms with Gasteiger partial charge in [0.15, 0.2) is 0 Å². The third kappa shape index (κ3) is 12.5. The number of hydrogen-bond acceptors (Lipinski definition) is 8. The Morgan fingerprint density at radius 3 is 1.27 bits per heavy atom. The van der Waals surface area contributed by atoms with Crippen LogP contribution in [0.1, 0.15) is 36.8 Å². The van der Waals surface area contributed by atoms with Crippen LogP contribution in [0.4, 0.5) is 0 Å². The molecule has 4 atom stereocenters. The summed E-state index contributed by atoms with van der Waals surface area (Å²) in [5.74, 6) is -5.79. The molecule has 17 heteroatoms. The van der Waals surface area contributed by atoms with E-state index in [1.165, 1.54) is 0 Å². The van der Waals surface area contributed by atoms with Gasteiger partial charge < -0.3 is 52.5 Å². The largest absolute Gasteiger partial charge is 2.00 e. The van der Waals surface area contributed by atoms with Crippen molar-refractivity contribution < 1.29 is 49.2 Å². The number of rotatable bonds is 16. The van der Waals surface area contributed by atoms with Crippen LogP contribution in [0.5, 0.6) is 0 Å². The van der Waals surface area contributed by atoms with Crippen molar-refractivity contribution >= 4 is 95.2 Å². The third-order valence-corrected chi connectivity index (χ3v) is 7.46. The van der Waals surface area contributed by atoms with Crippen molar-refractivity contribution in [2.24, 2.45) is 11.5 Å². The SMILES string of the molecule is N[C@H](CCC(=O)N[C@H](Cc1c[nH]c2ccccc12)C(=O)O)C(=O)O.N[C@H](CCC(=O)N[C@H](Cc1c[nH]c2ccccc12)C(=O)O)C(=O)O.[Ca+2]. The Kier molecular flexibility index (Phi) is 16.2.